The lowest BCUT2D eigenvalue weighted by molar-refractivity contribution is 0.179. The Balaban J connectivity index is 2.39. The highest BCUT2D eigenvalue weighted by molar-refractivity contribution is 5.37. The van der Waals surface area contributed by atoms with E-state index in [9.17, 15) is 4.39 Å². The molecule has 0 saturated heterocycles. The van der Waals surface area contributed by atoms with Crippen LogP contribution < -0.4 is 5.73 Å². The molecule has 0 spiro atoms. The van der Waals surface area contributed by atoms with Gasteiger partial charge in [0.2, 0.25) is 0 Å². The van der Waals surface area contributed by atoms with Crippen LogP contribution in [0.4, 0.5) is 4.39 Å². The molecule has 1 saturated carbocycles. The molecule has 2 N–H and O–H groups in total. The summed E-state index contributed by atoms with van der Waals surface area (Å²) in [5.74, 6) is 1.11. The Kier molecular flexibility index (Phi) is 4.00. The first-order chi connectivity index (χ1) is 8.83. The molecule has 0 heterocycles. The minimum Gasteiger partial charge on any atom is -0.321 e. The van der Waals surface area contributed by atoms with E-state index in [4.69, 9.17) is 5.73 Å². The molecule has 2 atom stereocenters. The number of benzene rings is 1. The minimum absolute atomic E-state index is 0.121. The first-order valence-corrected chi connectivity index (χ1v) is 7.39. The topological polar surface area (TPSA) is 26.0 Å². The van der Waals surface area contributed by atoms with Crippen molar-refractivity contribution < 1.29 is 4.39 Å². The molecule has 1 aliphatic carbocycles. The Morgan fingerprint density at radius 3 is 2.58 bits per heavy atom. The van der Waals surface area contributed by atoms with Crippen molar-refractivity contribution in [1.29, 1.82) is 0 Å². The van der Waals surface area contributed by atoms with E-state index < -0.39 is 5.54 Å². The molecular formula is C17H26FN. The molecule has 2 rings (SSSR count). The van der Waals surface area contributed by atoms with Crippen LogP contribution in [-0.2, 0) is 5.54 Å². The number of hydrogen-bond donors (Lipinski definition) is 1. The summed E-state index contributed by atoms with van der Waals surface area (Å²) in [6.45, 7) is 8.41. The molecule has 1 nitrogen and oxygen atoms in total. The van der Waals surface area contributed by atoms with Crippen LogP contribution in [0.5, 0.6) is 0 Å². The number of nitrogens with two attached hydrogens (primary N) is 1. The normalized spacial score (nSPS) is 27.8. The third kappa shape index (κ3) is 2.84. The van der Waals surface area contributed by atoms with Gasteiger partial charge in [-0.05, 0) is 55.7 Å². The first kappa shape index (κ1) is 14.5. The van der Waals surface area contributed by atoms with Crippen molar-refractivity contribution >= 4 is 0 Å². The van der Waals surface area contributed by atoms with Crippen molar-refractivity contribution in [2.75, 3.05) is 0 Å². The SMILES string of the molecule is Cc1cc(C)c(C2(N)CCCC(C(C)C)C2)c(F)c1. The van der Waals surface area contributed by atoms with Gasteiger partial charge in [0.05, 0.1) is 0 Å². The Labute approximate surface area is 116 Å². The van der Waals surface area contributed by atoms with E-state index in [-0.39, 0.29) is 5.82 Å². The lowest BCUT2D eigenvalue weighted by Crippen LogP contribution is -2.43. The average Bonchev–Trinajstić information content (AvgIpc) is 2.26. The van der Waals surface area contributed by atoms with E-state index in [0.29, 0.717) is 11.8 Å². The molecule has 1 aromatic carbocycles. The summed E-state index contributed by atoms with van der Waals surface area (Å²) < 4.78 is 14.4. The van der Waals surface area contributed by atoms with Crippen molar-refractivity contribution in [3.8, 4) is 0 Å². The Morgan fingerprint density at radius 1 is 1.32 bits per heavy atom. The lowest BCUT2D eigenvalue weighted by atomic mass is 9.68. The maximum atomic E-state index is 14.4. The van der Waals surface area contributed by atoms with Gasteiger partial charge in [-0.2, -0.15) is 0 Å². The fraction of sp³-hybridized carbons (Fsp3) is 0.647. The third-order valence-electron chi connectivity index (χ3n) is 4.70. The second-order valence-electron chi connectivity index (χ2n) is 6.70. The summed E-state index contributed by atoms with van der Waals surface area (Å²) in [5.41, 5.74) is 8.87. The maximum Gasteiger partial charge on any atom is 0.128 e. The van der Waals surface area contributed by atoms with Crippen LogP contribution in [0, 0.1) is 31.5 Å². The van der Waals surface area contributed by atoms with Crippen molar-refractivity contribution in [3.63, 3.8) is 0 Å². The zero-order valence-corrected chi connectivity index (χ0v) is 12.6. The molecule has 1 fully saturated rings. The summed E-state index contributed by atoms with van der Waals surface area (Å²) in [6, 6.07) is 3.67. The highest BCUT2D eigenvalue weighted by Crippen LogP contribution is 2.42. The second-order valence-corrected chi connectivity index (χ2v) is 6.70. The largest absolute Gasteiger partial charge is 0.321 e. The Morgan fingerprint density at radius 2 is 2.00 bits per heavy atom. The number of hydrogen-bond acceptors (Lipinski definition) is 1. The Hall–Kier alpha value is -0.890. The van der Waals surface area contributed by atoms with Crippen LogP contribution in [0.1, 0.15) is 56.2 Å². The predicted molar refractivity (Wildman–Crippen MR) is 78.5 cm³/mol. The van der Waals surface area contributed by atoms with Gasteiger partial charge in [-0.1, -0.05) is 32.8 Å². The summed E-state index contributed by atoms with van der Waals surface area (Å²) in [6.07, 6.45) is 4.14. The predicted octanol–water partition coefficient (Wildman–Crippen LogP) is 4.44. The first-order valence-electron chi connectivity index (χ1n) is 7.39. The number of aryl methyl sites for hydroxylation is 2. The van der Waals surface area contributed by atoms with Gasteiger partial charge in [-0.15, -0.1) is 0 Å². The van der Waals surface area contributed by atoms with E-state index in [1.807, 2.05) is 19.9 Å². The molecular weight excluding hydrogens is 237 g/mol. The fourth-order valence-corrected chi connectivity index (χ4v) is 3.69. The average molecular weight is 263 g/mol. The fourth-order valence-electron chi connectivity index (χ4n) is 3.69. The van der Waals surface area contributed by atoms with Crippen molar-refractivity contribution in [2.45, 2.75) is 58.9 Å². The molecule has 1 aliphatic rings. The van der Waals surface area contributed by atoms with Crippen LogP contribution in [0.25, 0.3) is 0 Å². The molecule has 106 valence electrons. The van der Waals surface area contributed by atoms with Gasteiger partial charge >= 0.3 is 0 Å². The van der Waals surface area contributed by atoms with Crippen molar-refractivity contribution in [3.05, 3.63) is 34.6 Å². The van der Waals surface area contributed by atoms with Gasteiger partial charge in [-0.25, -0.2) is 4.39 Å². The minimum atomic E-state index is -0.477. The number of rotatable bonds is 2. The molecule has 2 heteroatoms. The van der Waals surface area contributed by atoms with E-state index in [1.165, 1.54) is 6.42 Å². The molecule has 0 radical (unpaired) electrons. The van der Waals surface area contributed by atoms with Crippen LogP contribution in [0.3, 0.4) is 0 Å². The quantitative estimate of drug-likeness (QED) is 0.838. The molecule has 2 unspecified atom stereocenters. The smallest absolute Gasteiger partial charge is 0.128 e. The zero-order valence-electron chi connectivity index (χ0n) is 12.6. The molecule has 0 aromatic heterocycles. The summed E-state index contributed by atoms with van der Waals surface area (Å²) in [7, 11) is 0. The van der Waals surface area contributed by atoms with E-state index in [0.717, 1.165) is 36.0 Å². The van der Waals surface area contributed by atoms with Gasteiger partial charge in [0.25, 0.3) is 0 Å². The van der Waals surface area contributed by atoms with Gasteiger partial charge < -0.3 is 5.73 Å². The van der Waals surface area contributed by atoms with E-state index >= 15 is 0 Å². The third-order valence-corrected chi connectivity index (χ3v) is 4.70. The lowest BCUT2D eigenvalue weighted by Gasteiger charge is -2.41. The molecule has 19 heavy (non-hydrogen) atoms. The molecule has 0 bridgehead atoms. The van der Waals surface area contributed by atoms with E-state index in [1.54, 1.807) is 6.07 Å². The van der Waals surface area contributed by atoms with Crippen LogP contribution in [0.2, 0.25) is 0 Å². The second kappa shape index (κ2) is 5.24. The summed E-state index contributed by atoms with van der Waals surface area (Å²) in [5, 5.41) is 0. The van der Waals surface area contributed by atoms with Crippen LogP contribution in [0.15, 0.2) is 12.1 Å². The van der Waals surface area contributed by atoms with E-state index in [2.05, 4.69) is 13.8 Å². The van der Waals surface area contributed by atoms with Crippen molar-refractivity contribution in [1.82, 2.24) is 0 Å². The zero-order chi connectivity index (χ0) is 14.2. The maximum absolute atomic E-state index is 14.4. The van der Waals surface area contributed by atoms with Gasteiger partial charge in [0.15, 0.2) is 0 Å². The molecule has 1 aromatic rings. The highest BCUT2D eigenvalue weighted by Gasteiger charge is 2.38. The molecule has 0 amide bonds. The van der Waals surface area contributed by atoms with Crippen molar-refractivity contribution in [2.24, 2.45) is 17.6 Å². The van der Waals surface area contributed by atoms with Crippen LogP contribution >= 0.6 is 0 Å². The molecule has 0 aliphatic heterocycles. The number of halogens is 1. The van der Waals surface area contributed by atoms with Crippen LogP contribution in [-0.4, -0.2) is 0 Å². The summed E-state index contributed by atoms with van der Waals surface area (Å²) in [4.78, 5) is 0. The highest BCUT2D eigenvalue weighted by atomic mass is 19.1. The van der Waals surface area contributed by atoms with Gasteiger partial charge in [0.1, 0.15) is 5.82 Å². The summed E-state index contributed by atoms with van der Waals surface area (Å²) >= 11 is 0. The Bertz CT molecular complexity index is 443. The van der Waals surface area contributed by atoms with Gasteiger partial charge in [0, 0.05) is 11.1 Å². The monoisotopic (exact) mass is 263 g/mol. The standard InChI is InChI=1S/C17H26FN/c1-11(2)14-6-5-7-17(19,10-14)16-13(4)8-12(3)9-15(16)18/h8-9,11,14H,5-7,10,19H2,1-4H3. The van der Waals surface area contributed by atoms with Gasteiger partial charge in [-0.3, -0.25) is 0 Å².